The predicted molar refractivity (Wildman–Crippen MR) is 41.0 cm³/mol. The third-order valence-electron chi connectivity index (χ3n) is 1.40. The van der Waals surface area contributed by atoms with Gasteiger partial charge in [-0.15, -0.1) is 0 Å². The molecule has 12 heavy (non-hydrogen) atoms. The lowest BCUT2D eigenvalue weighted by molar-refractivity contribution is -0.107. The smallest absolute Gasteiger partial charge is 0.337 e. The molecule has 0 aliphatic carbocycles. The summed E-state index contributed by atoms with van der Waals surface area (Å²) in [5.74, 6) is -1.06. The minimum absolute atomic E-state index is 0.0441. The van der Waals surface area contributed by atoms with Crippen molar-refractivity contribution in [3.8, 4) is 0 Å². The molecule has 0 spiro atoms. The highest BCUT2D eigenvalue weighted by molar-refractivity contribution is 5.89. The number of carbonyl (C=O) groups is 2. The SMILES string of the molecule is O=CCc1ncccc1C(=O)O. The molecule has 0 atom stereocenters. The summed E-state index contributed by atoms with van der Waals surface area (Å²) >= 11 is 0. The number of aromatic carboxylic acids is 1. The maximum Gasteiger partial charge on any atom is 0.337 e. The largest absolute Gasteiger partial charge is 0.478 e. The van der Waals surface area contributed by atoms with Crippen LogP contribution in [0.2, 0.25) is 0 Å². The van der Waals surface area contributed by atoms with Gasteiger partial charge in [0.25, 0.3) is 0 Å². The van der Waals surface area contributed by atoms with Gasteiger partial charge in [0.1, 0.15) is 6.29 Å². The summed E-state index contributed by atoms with van der Waals surface area (Å²) in [5.41, 5.74) is 0.393. The van der Waals surface area contributed by atoms with E-state index in [4.69, 9.17) is 5.11 Å². The molecule has 1 aromatic rings. The van der Waals surface area contributed by atoms with Crippen molar-refractivity contribution in [1.29, 1.82) is 0 Å². The molecular weight excluding hydrogens is 158 g/mol. The van der Waals surface area contributed by atoms with Gasteiger partial charge in [0, 0.05) is 12.6 Å². The third kappa shape index (κ3) is 1.66. The summed E-state index contributed by atoms with van der Waals surface area (Å²) in [6, 6.07) is 2.95. The van der Waals surface area contributed by atoms with Crippen LogP contribution in [0.1, 0.15) is 16.1 Å². The summed E-state index contributed by atoms with van der Waals surface area (Å²) in [4.78, 5) is 24.4. The van der Waals surface area contributed by atoms with Gasteiger partial charge < -0.3 is 9.90 Å². The monoisotopic (exact) mass is 165 g/mol. The Morgan fingerprint density at radius 1 is 1.67 bits per heavy atom. The van der Waals surface area contributed by atoms with E-state index in [1.807, 2.05) is 0 Å². The van der Waals surface area contributed by atoms with E-state index in [-0.39, 0.29) is 12.0 Å². The van der Waals surface area contributed by atoms with Crippen molar-refractivity contribution in [1.82, 2.24) is 4.98 Å². The standard InChI is InChI=1S/C8H7NO3/c10-5-3-7-6(8(11)12)2-1-4-9-7/h1-2,4-5H,3H2,(H,11,12). The van der Waals surface area contributed by atoms with Crippen molar-refractivity contribution < 1.29 is 14.7 Å². The second kappa shape index (κ2) is 3.61. The van der Waals surface area contributed by atoms with Gasteiger partial charge in [-0.2, -0.15) is 0 Å². The average molecular weight is 165 g/mol. The van der Waals surface area contributed by atoms with Crippen LogP contribution in [0.15, 0.2) is 18.3 Å². The molecule has 0 radical (unpaired) electrons. The molecule has 0 saturated heterocycles. The van der Waals surface area contributed by atoms with Gasteiger partial charge in [0.2, 0.25) is 0 Å². The summed E-state index contributed by atoms with van der Waals surface area (Å²) < 4.78 is 0. The number of aldehydes is 1. The zero-order valence-corrected chi connectivity index (χ0v) is 6.23. The van der Waals surface area contributed by atoms with Crippen molar-refractivity contribution in [2.75, 3.05) is 0 Å². The molecule has 0 aliphatic rings. The molecule has 0 bridgehead atoms. The first-order valence-corrected chi connectivity index (χ1v) is 3.36. The highest BCUT2D eigenvalue weighted by Gasteiger charge is 2.08. The molecule has 1 heterocycles. The van der Waals surface area contributed by atoms with Crippen molar-refractivity contribution in [3.63, 3.8) is 0 Å². The number of nitrogens with zero attached hydrogens (tertiary/aromatic N) is 1. The zero-order valence-electron chi connectivity index (χ0n) is 6.23. The minimum atomic E-state index is -1.06. The van der Waals surface area contributed by atoms with Crippen molar-refractivity contribution >= 4 is 12.3 Å². The van der Waals surface area contributed by atoms with Gasteiger partial charge in [-0.1, -0.05) is 0 Å². The Morgan fingerprint density at radius 2 is 2.42 bits per heavy atom. The normalized spacial score (nSPS) is 9.33. The van der Waals surface area contributed by atoms with Crippen LogP contribution in [0.5, 0.6) is 0 Å². The summed E-state index contributed by atoms with van der Waals surface area (Å²) in [5, 5.41) is 8.64. The fourth-order valence-electron chi connectivity index (χ4n) is 0.874. The molecule has 0 amide bonds. The first kappa shape index (κ1) is 8.39. The van der Waals surface area contributed by atoms with E-state index in [0.717, 1.165) is 0 Å². The van der Waals surface area contributed by atoms with Crippen LogP contribution in [0, 0.1) is 0 Å². The van der Waals surface area contributed by atoms with Crippen LogP contribution < -0.4 is 0 Å². The topological polar surface area (TPSA) is 67.3 Å². The first-order chi connectivity index (χ1) is 5.75. The van der Waals surface area contributed by atoms with Gasteiger partial charge >= 0.3 is 5.97 Å². The quantitative estimate of drug-likeness (QED) is 0.663. The number of carbonyl (C=O) groups excluding carboxylic acids is 1. The van der Waals surface area contributed by atoms with Gasteiger partial charge in [0.15, 0.2) is 0 Å². The Bertz CT molecular complexity index is 309. The molecule has 1 N–H and O–H groups in total. The molecule has 62 valence electrons. The lowest BCUT2D eigenvalue weighted by atomic mass is 10.1. The molecule has 0 aromatic carbocycles. The molecule has 0 fully saturated rings. The maximum absolute atomic E-state index is 10.5. The fraction of sp³-hybridized carbons (Fsp3) is 0.125. The minimum Gasteiger partial charge on any atom is -0.478 e. The molecule has 1 rings (SSSR count). The van der Waals surface area contributed by atoms with Gasteiger partial charge in [-0.25, -0.2) is 4.79 Å². The molecule has 4 heteroatoms. The van der Waals surface area contributed by atoms with Crippen molar-refractivity contribution in [2.45, 2.75) is 6.42 Å². The molecule has 1 aromatic heterocycles. The van der Waals surface area contributed by atoms with E-state index in [1.54, 1.807) is 0 Å². The van der Waals surface area contributed by atoms with Crippen LogP contribution in [0.3, 0.4) is 0 Å². The Balaban J connectivity index is 3.07. The second-order valence-electron chi connectivity index (χ2n) is 2.17. The summed E-state index contributed by atoms with van der Waals surface area (Å²) in [6.07, 6.45) is 2.14. The zero-order chi connectivity index (χ0) is 8.97. The molecule has 0 saturated carbocycles. The van der Waals surface area contributed by atoms with E-state index in [1.165, 1.54) is 18.3 Å². The number of carboxylic acids is 1. The Hall–Kier alpha value is -1.71. The number of aromatic nitrogens is 1. The number of hydrogen-bond acceptors (Lipinski definition) is 3. The molecular formula is C8H7NO3. The number of carboxylic acid groups (broad SMARTS) is 1. The summed E-state index contributed by atoms with van der Waals surface area (Å²) in [7, 11) is 0. The number of rotatable bonds is 3. The van der Waals surface area contributed by atoms with Crippen molar-refractivity contribution in [3.05, 3.63) is 29.6 Å². The first-order valence-electron chi connectivity index (χ1n) is 3.36. The van der Waals surface area contributed by atoms with Crippen LogP contribution in [-0.4, -0.2) is 22.3 Å². The maximum atomic E-state index is 10.5. The van der Waals surface area contributed by atoms with Crippen LogP contribution in [0.25, 0.3) is 0 Å². The summed E-state index contributed by atoms with van der Waals surface area (Å²) in [6.45, 7) is 0. The Labute approximate surface area is 68.9 Å². The van der Waals surface area contributed by atoms with Gasteiger partial charge in [-0.05, 0) is 12.1 Å². The molecule has 0 unspecified atom stereocenters. The van der Waals surface area contributed by atoms with E-state index >= 15 is 0 Å². The highest BCUT2D eigenvalue weighted by Crippen LogP contribution is 2.04. The van der Waals surface area contributed by atoms with Crippen LogP contribution in [0.4, 0.5) is 0 Å². The Kier molecular flexibility index (Phi) is 2.53. The van der Waals surface area contributed by atoms with Crippen LogP contribution >= 0.6 is 0 Å². The van der Waals surface area contributed by atoms with Crippen molar-refractivity contribution in [2.24, 2.45) is 0 Å². The lowest BCUT2D eigenvalue weighted by Crippen LogP contribution is -2.04. The predicted octanol–water partition coefficient (Wildman–Crippen LogP) is 0.521. The van der Waals surface area contributed by atoms with E-state index in [0.29, 0.717) is 12.0 Å². The van der Waals surface area contributed by atoms with Gasteiger partial charge in [-0.3, -0.25) is 4.98 Å². The number of pyridine rings is 1. The average Bonchev–Trinajstić information content (AvgIpc) is 2.05. The third-order valence-corrected chi connectivity index (χ3v) is 1.40. The number of hydrogen-bond donors (Lipinski definition) is 1. The molecule has 0 aliphatic heterocycles. The van der Waals surface area contributed by atoms with E-state index in [2.05, 4.69) is 4.98 Å². The van der Waals surface area contributed by atoms with E-state index in [9.17, 15) is 9.59 Å². The van der Waals surface area contributed by atoms with Gasteiger partial charge in [0.05, 0.1) is 11.3 Å². The lowest BCUT2D eigenvalue weighted by Gasteiger charge is -1.98. The van der Waals surface area contributed by atoms with Crippen LogP contribution in [-0.2, 0) is 11.2 Å². The second-order valence-corrected chi connectivity index (χ2v) is 2.17. The van der Waals surface area contributed by atoms with E-state index < -0.39 is 5.97 Å². The fourth-order valence-corrected chi connectivity index (χ4v) is 0.874. The molecule has 4 nitrogen and oxygen atoms in total. The highest BCUT2D eigenvalue weighted by atomic mass is 16.4. The Morgan fingerprint density at radius 3 is 3.00 bits per heavy atom.